The topological polar surface area (TPSA) is 78.5 Å². The van der Waals surface area contributed by atoms with E-state index in [-0.39, 0.29) is 11.9 Å². The second kappa shape index (κ2) is 8.02. The molecule has 2 N–H and O–H groups in total. The third kappa shape index (κ3) is 3.63. The van der Waals surface area contributed by atoms with Gasteiger partial charge >= 0.3 is 0 Å². The molecule has 6 nitrogen and oxygen atoms in total. The van der Waals surface area contributed by atoms with Crippen LogP contribution in [0.4, 0.5) is 17.1 Å². The Kier molecular flexibility index (Phi) is 5.06. The van der Waals surface area contributed by atoms with Crippen molar-refractivity contribution in [2.24, 2.45) is 0 Å². The van der Waals surface area contributed by atoms with E-state index in [0.717, 1.165) is 43.4 Å². The van der Waals surface area contributed by atoms with Crippen LogP contribution in [0.3, 0.4) is 0 Å². The van der Waals surface area contributed by atoms with Crippen LogP contribution in [-0.4, -0.2) is 18.5 Å². The highest BCUT2D eigenvalue weighted by atomic mass is 16.2. The van der Waals surface area contributed by atoms with E-state index >= 15 is 0 Å². The average Bonchev–Trinajstić information content (AvgIpc) is 3.48. The second-order valence-electron chi connectivity index (χ2n) is 8.42. The molecule has 1 amide bonds. The lowest BCUT2D eigenvalue weighted by molar-refractivity contribution is 0.0989. The van der Waals surface area contributed by atoms with E-state index in [1.807, 2.05) is 47.4 Å². The minimum Gasteiger partial charge on any atom is -0.377 e. The summed E-state index contributed by atoms with van der Waals surface area (Å²) in [5, 5.41) is 6.35. The Balaban J connectivity index is 1.24. The summed E-state index contributed by atoms with van der Waals surface area (Å²) in [6, 6.07) is 15.7. The molecule has 1 saturated carbocycles. The molecule has 3 aromatic carbocycles. The van der Waals surface area contributed by atoms with Crippen LogP contribution in [0.15, 0.2) is 58.1 Å². The van der Waals surface area contributed by atoms with Crippen LogP contribution in [0.25, 0.3) is 0 Å². The third-order valence-corrected chi connectivity index (χ3v) is 6.42. The zero-order valence-electron chi connectivity index (χ0n) is 17.3. The molecule has 31 heavy (non-hydrogen) atoms. The van der Waals surface area contributed by atoms with E-state index in [0.29, 0.717) is 30.0 Å². The fourth-order valence-electron chi connectivity index (χ4n) is 4.63. The van der Waals surface area contributed by atoms with Gasteiger partial charge in [-0.2, -0.15) is 0 Å². The highest BCUT2D eigenvalue weighted by molar-refractivity contribution is 6.07. The first-order valence-corrected chi connectivity index (χ1v) is 10.9. The number of carbonyl (C=O) groups excluding carboxylic acids is 1. The lowest BCUT2D eigenvalue weighted by Gasteiger charge is -2.19. The zero-order chi connectivity index (χ0) is 21.4. The van der Waals surface area contributed by atoms with Gasteiger partial charge in [0.1, 0.15) is 11.4 Å². The monoisotopic (exact) mass is 415 g/mol. The van der Waals surface area contributed by atoms with Gasteiger partial charge in [0.05, 0.1) is 0 Å². The van der Waals surface area contributed by atoms with Gasteiger partial charge in [-0.1, -0.05) is 43.2 Å². The van der Waals surface area contributed by atoms with Crippen molar-refractivity contribution >= 4 is 23.0 Å². The molecule has 1 aliphatic carbocycles. The Labute approximate surface area is 180 Å². The van der Waals surface area contributed by atoms with Gasteiger partial charge < -0.3 is 15.5 Å². The predicted octanol–water partition coefficient (Wildman–Crippen LogP) is 3.45. The summed E-state index contributed by atoms with van der Waals surface area (Å²) in [6.07, 6.45) is 5.27. The van der Waals surface area contributed by atoms with Crippen LogP contribution in [0.1, 0.15) is 47.2 Å². The Bertz CT molecular complexity index is 1190. The minimum absolute atomic E-state index is 0.00464. The van der Waals surface area contributed by atoms with Gasteiger partial charge in [0, 0.05) is 30.4 Å². The van der Waals surface area contributed by atoms with Crippen LogP contribution in [0.2, 0.25) is 0 Å². The van der Waals surface area contributed by atoms with Gasteiger partial charge in [-0.05, 0) is 48.6 Å². The molecular weight excluding hydrogens is 390 g/mol. The summed E-state index contributed by atoms with van der Waals surface area (Å²) in [5.74, 6) is -0.00464. The molecule has 0 unspecified atom stereocenters. The number of anilines is 3. The normalized spacial score (nSPS) is 15.9. The maximum atomic E-state index is 12.9. The van der Waals surface area contributed by atoms with Crippen LogP contribution < -0.4 is 26.4 Å². The first-order chi connectivity index (χ1) is 15.1. The average molecular weight is 415 g/mol. The number of nitrogens with one attached hydrogen (secondary N) is 2. The molecule has 0 aromatic heterocycles. The smallest absolute Gasteiger partial charge is 0.258 e. The number of rotatable bonds is 6. The standard InChI is InChI=1S/C25H25N3O3/c29-23-21(22(24(23)30)27-19-6-2-3-7-19)26-15-16-9-11-18(12-10-16)25(31)28-14-13-17-5-1-4-8-20(17)28/h1,4-5,8-12,19,26-27H,2-3,6-7,13-15H2. The quantitative estimate of drug-likeness (QED) is 0.603. The maximum Gasteiger partial charge on any atom is 0.258 e. The van der Waals surface area contributed by atoms with Gasteiger partial charge in [-0.15, -0.1) is 0 Å². The number of para-hydroxylation sites is 1. The van der Waals surface area contributed by atoms with Crippen LogP contribution in [0.5, 0.6) is 0 Å². The summed E-state index contributed by atoms with van der Waals surface area (Å²) in [7, 11) is 0. The number of carbonyl (C=O) groups is 1. The molecular formula is C25H25N3O3. The molecule has 1 fully saturated rings. The number of fused-ring (bicyclic) bond motifs is 1. The fraction of sp³-hybridized carbons (Fsp3) is 0.320. The molecule has 1 heterocycles. The summed E-state index contributed by atoms with van der Waals surface area (Å²) in [5.41, 5.74) is 3.69. The molecule has 3 aromatic rings. The molecule has 0 bridgehead atoms. The predicted molar refractivity (Wildman–Crippen MR) is 123 cm³/mol. The highest BCUT2D eigenvalue weighted by Crippen LogP contribution is 2.29. The van der Waals surface area contributed by atoms with Crippen LogP contribution in [0, 0.1) is 0 Å². The maximum absolute atomic E-state index is 12.9. The largest absolute Gasteiger partial charge is 0.377 e. The SMILES string of the molecule is O=C(c1ccc(CNc2c(NC3CCCC3)c(=O)c2=O)cc1)N1CCc2ccccc21. The van der Waals surface area contributed by atoms with Crippen LogP contribution >= 0.6 is 0 Å². The van der Waals surface area contributed by atoms with Crippen molar-refractivity contribution in [3.8, 4) is 0 Å². The van der Waals surface area contributed by atoms with E-state index in [4.69, 9.17) is 0 Å². The van der Waals surface area contributed by atoms with Gasteiger partial charge in [-0.3, -0.25) is 14.4 Å². The van der Waals surface area contributed by atoms with Gasteiger partial charge in [0.25, 0.3) is 16.8 Å². The summed E-state index contributed by atoms with van der Waals surface area (Å²) in [4.78, 5) is 38.7. The Hall–Kier alpha value is -3.41. The summed E-state index contributed by atoms with van der Waals surface area (Å²) < 4.78 is 0. The van der Waals surface area contributed by atoms with Crippen molar-refractivity contribution < 1.29 is 4.79 Å². The molecule has 158 valence electrons. The molecule has 0 atom stereocenters. The number of nitrogens with zero attached hydrogens (tertiary/aromatic N) is 1. The Morgan fingerprint density at radius 2 is 1.65 bits per heavy atom. The van der Waals surface area contributed by atoms with E-state index in [2.05, 4.69) is 16.7 Å². The molecule has 0 saturated heterocycles. The van der Waals surface area contributed by atoms with Crippen molar-refractivity contribution in [3.63, 3.8) is 0 Å². The summed E-state index contributed by atoms with van der Waals surface area (Å²) in [6.45, 7) is 1.12. The number of hydrogen-bond acceptors (Lipinski definition) is 5. The molecule has 2 aliphatic rings. The van der Waals surface area contributed by atoms with Crippen molar-refractivity contribution in [1.82, 2.24) is 0 Å². The molecule has 6 heteroatoms. The van der Waals surface area contributed by atoms with E-state index < -0.39 is 10.9 Å². The summed E-state index contributed by atoms with van der Waals surface area (Å²) >= 11 is 0. The number of hydrogen-bond donors (Lipinski definition) is 2. The van der Waals surface area contributed by atoms with E-state index in [9.17, 15) is 14.4 Å². The van der Waals surface area contributed by atoms with Crippen molar-refractivity contribution in [2.45, 2.75) is 44.7 Å². The minimum atomic E-state index is -0.458. The number of amides is 1. The Morgan fingerprint density at radius 1 is 0.935 bits per heavy atom. The first kappa shape index (κ1) is 19.5. The zero-order valence-corrected chi connectivity index (χ0v) is 17.3. The van der Waals surface area contributed by atoms with Crippen molar-refractivity contribution in [1.29, 1.82) is 0 Å². The fourth-order valence-corrected chi connectivity index (χ4v) is 4.63. The molecule has 5 rings (SSSR count). The van der Waals surface area contributed by atoms with Gasteiger partial charge in [0.2, 0.25) is 0 Å². The molecule has 0 spiro atoms. The lowest BCUT2D eigenvalue weighted by atomic mass is 10.1. The first-order valence-electron chi connectivity index (χ1n) is 10.9. The van der Waals surface area contributed by atoms with Crippen LogP contribution in [-0.2, 0) is 13.0 Å². The molecule has 1 aliphatic heterocycles. The third-order valence-electron chi connectivity index (χ3n) is 6.42. The van der Waals surface area contributed by atoms with Crippen molar-refractivity contribution in [2.75, 3.05) is 22.1 Å². The second-order valence-corrected chi connectivity index (χ2v) is 8.42. The van der Waals surface area contributed by atoms with E-state index in [1.165, 1.54) is 5.56 Å². The Morgan fingerprint density at radius 3 is 2.42 bits per heavy atom. The lowest BCUT2D eigenvalue weighted by Crippen LogP contribution is -2.39. The van der Waals surface area contributed by atoms with E-state index in [1.54, 1.807) is 0 Å². The van der Waals surface area contributed by atoms with Crippen molar-refractivity contribution in [3.05, 3.63) is 85.7 Å². The number of benzene rings is 2. The van der Waals surface area contributed by atoms with Gasteiger partial charge in [-0.25, -0.2) is 0 Å². The van der Waals surface area contributed by atoms with Gasteiger partial charge in [0.15, 0.2) is 0 Å². The highest BCUT2D eigenvalue weighted by Gasteiger charge is 2.26. The molecule has 0 radical (unpaired) electrons.